The van der Waals surface area contributed by atoms with Crippen LogP contribution in [-0.4, -0.2) is 19.7 Å². The Kier molecular flexibility index (Phi) is 1.70. The Morgan fingerprint density at radius 3 is 2.54 bits per heavy atom. The minimum atomic E-state index is 0.494. The van der Waals surface area contributed by atoms with Crippen molar-refractivity contribution in [3.05, 3.63) is 30.2 Å². The summed E-state index contributed by atoms with van der Waals surface area (Å²) in [6.45, 7) is 1.89. The molecule has 0 radical (unpaired) electrons. The SMILES string of the molecule is Cc1cnn(-c2ncccn2)c1N. The minimum absolute atomic E-state index is 0.494. The number of aromatic nitrogens is 4. The predicted molar refractivity (Wildman–Crippen MR) is 48.3 cm³/mol. The van der Waals surface area contributed by atoms with Crippen molar-refractivity contribution < 1.29 is 0 Å². The minimum Gasteiger partial charge on any atom is -0.383 e. The zero-order chi connectivity index (χ0) is 9.26. The van der Waals surface area contributed by atoms with E-state index in [1.54, 1.807) is 24.7 Å². The number of nitrogens with zero attached hydrogens (tertiary/aromatic N) is 4. The van der Waals surface area contributed by atoms with Crippen molar-refractivity contribution in [2.24, 2.45) is 0 Å². The zero-order valence-electron chi connectivity index (χ0n) is 7.18. The molecule has 13 heavy (non-hydrogen) atoms. The standard InChI is InChI=1S/C8H9N5/c1-6-5-12-13(7(6)9)8-10-3-2-4-11-8/h2-5H,9H2,1H3. The first-order chi connectivity index (χ1) is 6.29. The second kappa shape index (κ2) is 2.85. The molecule has 2 rings (SSSR count). The van der Waals surface area contributed by atoms with E-state index >= 15 is 0 Å². The second-order valence-electron chi connectivity index (χ2n) is 2.67. The lowest BCUT2D eigenvalue weighted by molar-refractivity contribution is 0.817. The van der Waals surface area contributed by atoms with Gasteiger partial charge in [-0.2, -0.15) is 9.78 Å². The molecule has 2 N–H and O–H groups in total. The van der Waals surface area contributed by atoms with Crippen LogP contribution in [-0.2, 0) is 0 Å². The van der Waals surface area contributed by atoms with Crippen LogP contribution in [0.15, 0.2) is 24.7 Å². The number of anilines is 1. The molecule has 0 unspecified atom stereocenters. The van der Waals surface area contributed by atoms with E-state index in [0.717, 1.165) is 5.56 Å². The summed E-state index contributed by atoms with van der Waals surface area (Å²) in [6, 6.07) is 1.75. The fraction of sp³-hybridized carbons (Fsp3) is 0.125. The van der Waals surface area contributed by atoms with E-state index in [1.807, 2.05) is 6.92 Å². The number of rotatable bonds is 1. The second-order valence-corrected chi connectivity index (χ2v) is 2.67. The van der Waals surface area contributed by atoms with Gasteiger partial charge in [0.25, 0.3) is 5.95 Å². The molecule has 5 nitrogen and oxygen atoms in total. The van der Waals surface area contributed by atoms with Crippen LogP contribution in [0.1, 0.15) is 5.56 Å². The number of hydrogen-bond donors (Lipinski definition) is 1. The Bertz CT molecular complexity index is 406. The van der Waals surface area contributed by atoms with Crippen molar-refractivity contribution >= 4 is 5.82 Å². The van der Waals surface area contributed by atoms with Crippen LogP contribution in [0.3, 0.4) is 0 Å². The first kappa shape index (κ1) is 7.72. The molecule has 0 fully saturated rings. The average molecular weight is 175 g/mol. The zero-order valence-corrected chi connectivity index (χ0v) is 7.18. The van der Waals surface area contributed by atoms with Gasteiger partial charge < -0.3 is 5.73 Å². The quantitative estimate of drug-likeness (QED) is 0.687. The van der Waals surface area contributed by atoms with E-state index in [0.29, 0.717) is 11.8 Å². The summed E-state index contributed by atoms with van der Waals surface area (Å²) in [5, 5.41) is 4.05. The third-order valence-electron chi connectivity index (χ3n) is 1.74. The van der Waals surface area contributed by atoms with E-state index < -0.39 is 0 Å². The molecule has 0 aliphatic carbocycles. The molecule has 0 bridgehead atoms. The third-order valence-corrected chi connectivity index (χ3v) is 1.74. The summed E-state index contributed by atoms with van der Waals surface area (Å²) >= 11 is 0. The van der Waals surface area contributed by atoms with Gasteiger partial charge in [0, 0.05) is 18.0 Å². The fourth-order valence-corrected chi connectivity index (χ4v) is 1.000. The maximum atomic E-state index is 5.76. The molecule has 66 valence electrons. The summed E-state index contributed by atoms with van der Waals surface area (Å²) < 4.78 is 1.51. The molecule has 2 aromatic heterocycles. The number of hydrogen-bond acceptors (Lipinski definition) is 4. The first-order valence-electron chi connectivity index (χ1n) is 3.86. The van der Waals surface area contributed by atoms with Crippen LogP contribution in [0, 0.1) is 6.92 Å². The lowest BCUT2D eigenvalue weighted by Crippen LogP contribution is -2.05. The van der Waals surface area contributed by atoms with Crippen LogP contribution in [0.25, 0.3) is 5.95 Å². The van der Waals surface area contributed by atoms with Gasteiger partial charge in [-0.1, -0.05) is 0 Å². The van der Waals surface area contributed by atoms with Gasteiger partial charge in [-0.3, -0.25) is 0 Å². The van der Waals surface area contributed by atoms with Gasteiger partial charge in [0.15, 0.2) is 0 Å². The van der Waals surface area contributed by atoms with Crippen LogP contribution < -0.4 is 5.73 Å². The van der Waals surface area contributed by atoms with Crippen molar-refractivity contribution in [1.82, 2.24) is 19.7 Å². The Balaban J connectivity index is 2.53. The van der Waals surface area contributed by atoms with Gasteiger partial charge in [0.1, 0.15) is 5.82 Å². The predicted octanol–water partition coefficient (Wildman–Crippen LogP) is 0.553. The molecular weight excluding hydrogens is 166 g/mol. The third kappa shape index (κ3) is 1.24. The molecule has 0 saturated heterocycles. The van der Waals surface area contributed by atoms with Crippen LogP contribution in [0.4, 0.5) is 5.82 Å². The van der Waals surface area contributed by atoms with Gasteiger partial charge in [0.05, 0.1) is 6.20 Å². The molecule has 0 aliphatic heterocycles. The monoisotopic (exact) mass is 175 g/mol. The Morgan fingerprint density at radius 1 is 1.31 bits per heavy atom. The normalized spacial score (nSPS) is 10.2. The summed E-state index contributed by atoms with van der Waals surface area (Å²) in [6.07, 6.45) is 4.99. The average Bonchev–Trinajstić information content (AvgIpc) is 2.49. The topological polar surface area (TPSA) is 69.6 Å². The summed E-state index contributed by atoms with van der Waals surface area (Å²) in [4.78, 5) is 8.06. The van der Waals surface area contributed by atoms with Crippen molar-refractivity contribution in [2.75, 3.05) is 5.73 Å². The van der Waals surface area contributed by atoms with Gasteiger partial charge in [-0.25, -0.2) is 9.97 Å². The van der Waals surface area contributed by atoms with E-state index in [2.05, 4.69) is 15.1 Å². The van der Waals surface area contributed by atoms with E-state index in [9.17, 15) is 0 Å². The van der Waals surface area contributed by atoms with Crippen molar-refractivity contribution in [1.29, 1.82) is 0 Å². The smallest absolute Gasteiger partial charge is 0.252 e. The largest absolute Gasteiger partial charge is 0.383 e. The number of nitrogens with two attached hydrogens (primary N) is 1. The molecule has 0 saturated carbocycles. The molecule has 2 heterocycles. The Hall–Kier alpha value is -1.91. The molecule has 0 aromatic carbocycles. The first-order valence-corrected chi connectivity index (χ1v) is 3.86. The molecular formula is C8H9N5. The molecule has 0 aliphatic rings. The van der Waals surface area contributed by atoms with Crippen LogP contribution >= 0.6 is 0 Å². The molecule has 5 heteroatoms. The highest BCUT2D eigenvalue weighted by molar-refractivity contribution is 5.41. The summed E-state index contributed by atoms with van der Waals surface area (Å²) in [7, 11) is 0. The summed E-state index contributed by atoms with van der Waals surface area (Å²) in [5.41, 5.74) is 6.68. The van der Waals surface area contributed by atoms with Crippen LogP contribution in [0.5, 0.6) is 0 Å². The Morgan fingerprint density at radius 2 is 2.00 bits per heavy atom. The molecule has 0 amide bonds. The van der Waals surface area contributed by atoms with Gasteiger partial charge in [0.2, 0.25) is 0 Å². The van der Waals surface area contributed by atoms with Gasteiger partial charge in [-0.05, 0) is 13.0 Å². The lowest BCUT2D eigenvalue weighted by Gasteiger charge is -2.00. The molecule has 0 spiro atoms. The highest BCUT2D eigenvalue weighted by Crippen LogP contribution is 2.11. The highest BCUT2D eigenvalue weighted by atomic mass is 15.4. The van der Waals surface area contributed by atoms with Crippen molar-refractivity contribution in [3.63, 3.8) is 0 Å². The van der Waals surface area contributed by atoms with E-state index in [1.165, 1.54) is 4.68 Å². The van der Waals surface area contributed by atoms with Gasteiger partial charge >= 0.3 is 0 Å². The molecule has 0 atom stereocenters. The van der Waals surface area contributed by atoms with Crippen molar-refractivity contribution in [3.8, 4) is 5.95 Å². The number of aryl methyl sites for hydroxylation is 1. The van der Waals surface area contributed by atoms with Gasteiger partial charge in [-0.15, -0.1) is 0 Å². The van der Waals surface area contributed by atoms with Crippen molar-refractivity contribution in [2.45, 2.75) is 6.92 Å². The van der Waals surface area contributed by atoms with E-state index in [4.69, 9.17) is 5.73 Å². The Labute approximate surface area is 75.2 Å². The van der Waals surface area contributed by atoms with Crippen LogP contribution in [0.2, 0.25) is 0 Å². The molecule has 2 aromatic rings. The lowest BCUT2D eigenvalue weighted by atomic mass is 10.4. The maximum absolute atomic E-state index is 5.76. The van der Waals surface area contributed by atoms with E-state index in [-0.39, 0.29) is 0 Å². The summed E-state index contributed by atoms with van der Waals surface area (Å²) in [5.74, 6) is 1.07. The highest BCUT2D eigenvalue weighted by Gasteiger charge is 2.06. The fourth-order valence-electron chi connectivity index (χ4n) is 1.000. The maximum Gasteiger partial charge on any atom is 0.252 e. The number of nitrogen functional groups attached to an aromatic ring is 1.